The van der Waals surface area contributed by atoms with Gasteiger partial charge in [0.05, 0.1) is 5.52 Å². The number of benzene rings is 1. The Bertz CT molecular complexity index is 787. The predicted octanol–water partition coefficient (Wildman–Crippen LogP) is 2.98. The molecule has 1 aromatic heterocycles. The average Bonchev–Trinajstić information content (AvgIpc) is 2.74. The van der Waals surface area contributed by atoms with E-state index in [1.165, 1.54) is 36.9 Å². The van der Waals surface area contributed by atoms with Crippen LogP contribution in [0, 0.1) is 0 Å². The number of piperazine rings is 1. The third-order valence-corrected chi connectivity index (χ3v) is 6.85. The number of pyridine rings is 1. The number of aromatic nitrogens is 1. The van der Waals surface area contributed by atoms with Crippen molar-refractivity contribution < 1.29 is 5.11 Å². The molecule has 1 aromatic carbocycles. The van der Waals surface area contributed by atoms with Gasteiger partial charge in [0.25, 0.3) is 0 Å². The Labute approximate surface area is 175 Å². The van der Waals surface area contributed by atoms with E-state index >= 15 is 0 Å². The lowest BCUT2D eigenvalue weighted by atomic mass is 9.97. The summed E-state index contributed by atoms with van der Waals surface area (Å²) in [6, 6.07) is 12.6. The van der Waals surface area contributed by atoms with Crippen molar-refractivity contribution in [3.63, 3.8) is 0 Å². The molecule has 29 heavy (non-hydrogen) atoms. The van der Waals surface area contributed by atoms with Crippen LogP contribution in [0.25, 0.3) is 10.9 Å². The van der Waals surface area contributed by atoms with Gasteiger partial charge >= 0.3 is 0 Å². The van der Waals surface area contributed by atoms with Crippen LogP contribution < -0.4 is 0 Å². The van der Waals surface area contributed by atoms with E-state index in [9.17, 15) is 5.11 Å². The van der Waals surface area contributed by atoms with Crippen LogP contribution in [0.1, 0.15) is 38.7 Å². The van der Waals surface area contributed by atoms with E-state index in [0.717, 1.165) is 38.1 Å². The van der Waals surface area contributed by atoms with Gasteiger partial charge in [0.15, 0.2) is 0 Å². The summed E-state index contributed by atoms with van der Waals surface area (Å²) in [5, 5.41) is 10.9. The minimum Gasteiger partial charge on any atom is -0.396 e. The molecular weight excluding hydrogens is 360 g/mol. The topological polar surface area (TPSA) is 42.8 Å². The van der Waals surface area contributed by atoms with Crippen molar-refractivity contribution >= 4 is 10.9 Å². The summed E-state index contributed by atoms with van der Waals surface area (Å²) in [6.07, 6.45) is 5.25. The first-order valence-electron chi connectivity index (χ1n) is 11.3. The molecule has 0 bridgehead atoms. The third kappa shape index (κ3) is 4.97. The second-order valence-electron chi connectivity index (χ2n) is 9.03. The van der Waals surface area contributed by atoms with Crippen LogP contribution in [0.4, 0.5) is 0 Å². The number of rotatable bonds is 6. The highest BCUT2D eigenvalue weighted by molar-refractivity contribution is 5.78. The van der Waals surface area contributed by atoms with Crippen LogP contribution in [0.3, 0.4) is 0 Å². The van der Waals surface area contributed by atoms with E-state index in [1.807, 2.05) is 12.3 Å². The summed E-state index contributed by atoms with van der Waals surface area (Å²) in [6.45, 7) is 11.6. The second-order valence-corrected chi connectivity index (χ2v) is 9.03. The Hall–Kier alpha value is -1.53. The molecule has 3 heterocycles. The van der Waals surface area contributed by atoms with Gasteiger partial charge in [0.1, 0.15) is 0 Å². The molecule has 4 rings (SSSR count). The van der Waals surface area contributed by atoms with Crippen molar-refractivity contribution in [2.45, 2.75) is 57.8 Å². The molecule has 2 aliphatic rings. The molecular formula is C24H36N4O. The fourth-order valence-corrected chi connectivity index (χ4v) is 5.18. The van der Waals surface area contributed by atoms with Gasteiger partial charge in [0, 0.05) is 62.5 Å². The van der Waals surface area contributed by atoms with Crippen LogP contribution in [-0.2, 0) is 6.54 Å². The SMILES string of the molecule is CC(C)N1CCC(N2CCN(Cc3ccc4ncccc4c3)C[C@@H]2CCO)CC1. The smallest absolute Gasteiger partial charge is 0.0702 e. The molecule has 0 saturated carbocycles. The van der Waals surface area contributed by atoms with E-state index in [0.29, 0.717) is 18.1 Å². The Morgan fingerprint density at radius 2 is 1.93 bits per heavy atom. The van der Waals surface area contributed by atoms with E-state index in [1.54, 1.807) is 0 Å². The maximum absolute atomic E-state index is 9.68. The minimum absolute atomic E-state index is 0.279. The van der Waals surface area contributed by atoms with Gasteiger partial charge in [-0.1, -0.05) is 12.1 Å². The zero-order valence-corrected chi connectivity index (χ0v) is 18.0. The van der Waals surface area contributed by atoms with E-state index < -0.39 is 0 Å². The van der Waals surface area contributed by atoms with Crippen molar-refractivity contribution in [2.75, 3.05) is 39.3 Å². The zero-order valence-electron chi connectivity index (χ0n) is 18.0. The molecule has 2 aliphatic heterocycles. The highest BCUT2D eigenvalue weighted by Crippen LogP contribution is 2.25. The number of aliphatic hydroxyl groups excluding tert-OH is 1. The molecule has 2 saturated heterocycles. The molecule has 5 heteroatoms. The lowest BCUT2D eigenvalue weighted by Gasteiger charge is -2.48. The second kappa shape index (κ2) is 9.52. The molecule has 5 nitrogen and oxygen atoms in total. The molecule has 0 spiro atoms. The molecule has 0 unspecified atom stereocenters. The first kappa shape index (κ1) is 20.7. The quantitative estimate of drug-likeness (QED) is 0.813. The van der Waals surface area contributed by atoms with Gasteiger partial charge in [-0.25, -0.2) is 0 Å². The summed E-state index contributed by atoms with van der Waals surface area (Å²) >= 11 is 0. The Balaban J connectivity index is 1.38. The van der Waals surface area contributed by atoms with Crippen LogP contribution in [-0.4, -0.2) is 82.2 Å². The van der Waals surface area contributed by atoms with Crippen molar-refractivity contribution in [1.29, 1.82) is 0 Å². The molecule has 0 radical (unpaired) electrons. The van der Waals surface area contributed by atoms with E-state index in [4.69, 9.17) is 0 Å². The molecule has 1 N–H and O–H groups in total. The number of aliphatic hydroxyl groups is 1. The van der Waals surface area contributed by atoms with Crippen molar-refractivity contribution in [2.24, 2.45) is 0 Å². The molecule has 1 atom stereocenters. The number of nitrogens with zero attached hydrogens (tertiary/aromatic N) is 4. The van der Waals surface area contributed by atoms with Gasteiger partial charge in [0.2, 0.25) is 0 Å². The summed E-state index contributed by atoms with van der Waals surface area (Å²) in [4.78, 5) is 12.3. The predicted molar refractivity (Wildman–Crippen MR) is 119 cm³/mol. The van der Waals surface area contributed by atoms with Gasteiger partial charge in [-0.05, 0) is 70.0 Å². The first-order chi connectivity index (χ1) is 14.1. The van der Waals surface area contributed by atoms with E-state index in [-0.39, 0.29) is 6.61 Å². The lowest BCUT2D eigenvalue weighted by molar-refractivity contribution is -0.0000196. The summed E-state index contributed by atoms with van der Waals surface area (Å²) in [5.74, 6) is 0. The normalized spacial score (nSPS) is 23.2. The van der Waals surface area contributed by atoms with Crippen LogP contribution in [0.5, 0.6) is 0 Å². The number of fused-ring (bicyclic) bond motifs is 1. The molecule has 2 fully saturated rings. The molecule has 2 aromatic rings. The standard InChI is InChI=1S/C24H36N4O/c1-19(2)27-11-7-22(8-12-27)28-14-13-26(18-23(28)9-15-29)17-20-5-6-24-21(16-20)4-3-10-25-24/h3-6,10,16,19,22-23,29H,7-9,11-15,17-18H2,1-2H3/t23-/m0/s1. The highest BCUT2D eigenvalue weighted by atomic mass is 16.3. The Morgan fingerprint density at radius 1 is 1.10 bits per heavy atom. The summed E-state index contributed by atoms with van der Waals surface area (Å²) < 4.78 is 0. The number of hydrogen-bond acceptors (Lipinski definition) is 5. The fraction of sp³-hybridized carbons (Fsp3) is 0.625. The first-order valence-corrected chi connectivity index (χ1v) is 11.3. The van der Waals surface area contributed by atoms with Gasteiger partial charge < -0.3 is 10.0 Å². The Kier molecular flexibility index (Phi) is 6.81. The third-order valence-electron chi connectivity index (χ3n) is 6.85. The largest absolute Gasteiger partial charge is 0.396 e. The fourth-order valence-electron chi connectivity index (χ4n) is 5.18. The van der Waals surface area contributed by atoms with Crippen molar-refractivity contribution in [3.05, 3.63) is 42.1 Å². The van der Waals surface area contributed by atoms with Crippen molar-refractivity contribution in [3.8, 4) is 0 Å². The van der Waals surface area contributed by atoms with E-state index in [2.05, 4.69) is 57.8 Å². The summed E-state index contributed by atoms with van der Waals surface area (Å²) in [7, 11) is 0. The zero-order chi connectivity index (χ0) is 20.2. The maximum atomic E-state index is 9.68. The van der Waals surface area contributed by atoms with Crippen LogP contribution in [0.2, 0.25) is 0 Å². The average molecular weight is 397 g/mol. The number of hydrogen-bond donors (Lipinski definition) is 1. The Morgan fingerprint density at radius 3 is 2.69 bits per heavy atom. The van der Waals surface area contributed by atoms with Gasteiger partial charge in [-0.15, -0.1) is 0 Å². The highest BCUT2D eigenvalue weighted by Gasteiger charge is 2.33. The van der Waals surface area contributed by atoms with Gasteiger partial charge in [-0.2, -0.15) is 0 Å². The molecule has 0 amide bonds. The van der Waals surface area contributed by atoms with Crippen LogP contribution in [0.15, 0.2) is 36.5 Å². The maximum Gasteiger partial charge on any atom is 0.0702 e. The minimum atomic E-state index is 0.279. The number of likely N-dealkylation sites (tertiary alicyclic amines) is 1. The summed E-state index contributed by atoms with van der Waals surface area (Å²) in [5.41, 5.74) is 2.42. The van der Waals surface area contributed by atoms with Crippen molar-refractivity contribution in [1.82, 2.24) is 19.7 Å². The molecule has 0 aliphatic carbocycles. The molecule has 158 valence electrons. The lowest BCUT2D eigenvalue weighted by Crippen LogP contribution is -2.58. The van der Waals surface area contributed by atoms with Gasteiger partial charge in [-0.3, -0.25) is 14.8 Å². The monoisotopic (exact) mass is 396 g/mol. The van der Waals surface area contributed by atoms with Crippen LogP contribution >= 0.6 is 0 Å². The number of piperidine rings is 1.